The molecule has 0 aliphatic heterocycles. The summed E-state index contributed by atoms with van der Waals surface area (Å²) in [5.74, 6) is 0. The maximum absolute atomic E-state index is 10.3. The topological polar surface area (TPSA) is 46.2 Å². The van der Waals surface area contributed by atoms with Crippen LogP contribution in [0.25, 0.3) is 0 Å². The Morgan fingerprint density at radius 3 is 2.20 bits per heavy atom. The molecule has 2 heteroatoms. The van der Waals surface area contributed by atoms with Crippen LogP contribution in [0.2, 0.25) is 0 Å². The third kappa shape index (κ3) is 2.80. The zero-order valence-corrected chi connectivity index (χ0v) is 9.66. The first kappa shape index (κ1) is 12.2. The second kappa shape index (κ2) is 5.29. The van der Waals surface area contributed by atoms with Crippen LogP contribution in [-0.4, -0.2) is 11.7 Å². The van der Waals surface area contributed by atoms with Gasteiger partial charge in [0.15, 0.2) is 0 Å². The summed E-state index contributed by atoms with van der Waals surface area (Å²) in [7, 11) is 0. The Labute approximate surface area is 92.1 Å². The first-order valence-corrected chi connectivity index (χ1v) is 5.68. The van der Waals surface area contributed by atoms with Gasteiger partial charge in [-0.15, -0.1) is 0 Å². The summed E-state index contributed by atoms with van der Waals surface area (Å²) in [6.07, 6.45) is 2.67. The molecule has 1 atom stereocenters. The number of aryl methyl sites for hydroxylation is 1. The molecule has 0 aliphatic rings. The summed E-state index contributed by atoms with van der Waals surface area (Å²) in [4.78, 5) is 0. The van der Waals surface area contributed by atoms with Crippen molar-refractivity contribution in [3.8, 4) is 0 Å². The summed E-state index contributed by atoms with van der Waals surface area (Å²) in [5.41, 5.74) is 7.02. The van der Waals surface area contributed by atoms with Gasteiger partial charge in [0.2, 0.25) is 0 Å². The fourth-order valence-electron chi connectivity index (χ4n) is 1.83. The van der Waals surface area contributed by atoms with E-state index in [1.54, 1.807) is 0 Å². The van der Waals surface area contributed by atoms with Gasteiger partial charge in [-0.1, -0.05) is 44.5 Å². The molecule has 0 saturated heterocycles. The summed E-state index contributed by atoms with van der Waals surface area (Å²) in [6.45, 7) is 4.46. The van der Waals surface area contributed by atoms with Crippen LogP contribution >= 0.6 is 0 Å². The van der Waals surface area contributed by atoms with Crippen LogP contribution in [-0.2, 0) is 12.0 Å². The monoisotopic (exact) mass is 207 g/mol. The summed E-state index contributed by atoms with van der Waals surface area (Å²) in [6, 6.07) is 8.10. The number of nitrogens with two attached hydrogens (primary N) is 1. The van der Waals surface area contributed by atoms with Crippen molar-refractivity contribution in [3.63, 3.8) is 0 Å². The van der Waals surface area contributed by atoms with Crippen molar-refractivity contribution >= 4 is 0 Å². The van der Waals surface area contributed by atoms with Gasteiger partial charge in [0.1, 0.15) is 5.60 Å². The van der Waals surface area contributed by atoms with Crippen molar-refractivity contribution in [2.75, 3.05) is 6.54 Å². The minimum Gasteiger partial charge on any atom is -0.384 e. The van der Waals surface area contributed by atoms with Crippen LogP contribution in [0.1, 0.15) is 37.8 Å². The van der Waals surface area contributed by atoms with Gasteiger partial charge in [-0.2, -0.15) is 0 Å². The lowest BCUT2D eigenvalue weighted by Gasteiger charge is -2.26. The van der Waals surface area contributed by atoms with E-state index in [9.17, 15) is 5.11 Å². The Balaban J connectivity index is 2.92. The van der Waals surface area contributed by atoms with Crippen molar-refractivity contribution < 1.29 is 5.11 Å². The Hall–Kier alpha value is -0.860. The first-order valence-electron chi connectivity index (χ1n) is 5.68. The molecule has 0 amide bonds. The van der Waals surface area contributed by atoms with Crippen LogP contribution in [0.5, 0.6) is 0 Å². The highest BCUT2D eigenvalue weighted by molar-refractivity contribution is 5.27. The summed E-state index contributed by atoms with van der Waals surface area (Å²) in [5, 5.41) is 10.3. The van der Waals surface area contributed by atoms with E-state index in [1.165, 1.54) is 5.56 Å². The third-order valence-electron chi connectivity index (χ3n) is 2.90. The Morgan fingerprint density at radius 2 is 1.80 bits per heavy atom. The van der Waals surface area contributed by atoms with E-state index in [0.717, 1.165) is 24.8 Å². The molecule has 15 heavy (non-hydrogen) atoms. The minimum absolute atomic E-state index is 0.284. The molecule has 1 aromatic carbocycles. The quantitative estimate of drug-likeness (QED) is 0.777. The molecule has 0 heterocycles. The number of hydrogen-bond donors (Lipinski definition) is 2. The van der Waals surface area contributed by atoms with E-state index in [2.05, 4.69) is 26.0 Å². The molecule has 3 N–H and O–H groups in total. The molecule has 0 spiro atoms. The molecule has 0 fully saturated rings. The van der Waals surface area contributed by atoms with Gasteiger partial charge in [0, 0.05) is 6.54 Å². The highest BCUT2D eigenvalue weighted by Gasteiger charge is 2.25. The number of rotatable bonds is 5. The van der Waals surface area contributed by atoms with E-state index in [1.807, 2.05) is 12.1 Å². The second-order valence-corrected chi connectivity index (χ2v) is 4.04. The third-order valence-corrected chi connectivity index (χ3v) is 2.90. The lowest BCUT2D eigenvalue weighted by atomic mass is 9.89. The molecule has 0 radical (unpaired) electrons. The van der Waals surface area contributed by atoms with E-state index in [0.29, 0.717) is 0 Å². The Morgan fingerprint density at radius 1 is 1.20 bits per heavy atom. The molecule has 0 aromatic heterocycles. The molecule has 1 aromatic rings. The van der Waals surface area contributed by atoms with E-state index < -0.39 is 5.60 Å². The van der Waals surface area contributed by atoms with Gasteiger partial charge in [-0.3, -0.25) is 0 Å². The fraction of sp³-hybridized carbons (Fsp3) is 0.538. The van der Waals surface area contributed by atoms with E-state index >= 15 is 0 Å². The smallest absolute Gasteiger partial charge is 0.102 e. The molecule has 2 nitrogen and oxygen atoms in total. The van der Waals surface area contributed by atoms with E-state index in [4.69, 9.17) is 5.73 Å². The minimum atomic E-state index is -0.846. The van der Waals surface area contributed by atoms with Crippen molar-refractivity contribution in [1.82, 2.24) is 0 Å². The summed E-state index contributed by atoms with van der Waals surface area (Å²) >= 11 is 0. The largest absolute Gasteiger partial charge is 0.384 e. The maximum Gasteiger partial charge on any atom is 0.102 e. The Bertz CT molecular complexity index is 294. The average molecular weight is 207 g/mol. The molecular weight excluding hydrogens is 186 g/mol. The number of aliphatic hydroxyl groups is 1. The second-order valence-electron chi connectivity index (χ2n) is 4.04. The van der Waals surface area contributed by atoms with Crippen molar-refractivity contribution in [2.45, 2.75) is 38.7 Å². The fourth-order valence-corrected chi connectivity index (χ4v) is 1.83. The normalized spacial score (nSPS) is 14.9. The molecule has 84 valence electrons. The highest BCUT2D eigenvalue weighted by Crippen LogP contribution is 2.25. The lowest BCUT2D eigenvalue weighted by Crippen LogP contribution is -2.34. The number of benzene rings is 1. The van der Waals surface area contributed by atoms with Gasteiger partial charge in [-0.05, 0) is 24.0 Å². The standard InChI is InChI=1S/C13H21NO/c1-3-9-13(15,10-14)12-7-5-11(4-2)6-8-12/h5-8,15H,3-4,9-10,14H2,1-2H3. The van der Waals surface area contributed by atoms with Crippen LogP contribution in [0.15, 0.2) is 24.3 Å². The first-order chi connectivity index (χ1) is 7.16. The molecule has 0 saturated carbocycles. The van der Waals surface area contributed by atoms with Crippen molar-refractivity contribution in [1.29, 1.82) is 0 Å². The molecule has 1 unspecified atom stereocenters. The zero-order valence-electron chi connectivity index (χ0n) is 9.66. The van der Waals surface area contributed by atoms with Crippen molar-refractivity contribution in [3.05, 3.63) is 35.4 Å². The van der Waals surface area contributed by atoms with Gasteiger partial charge < -0.3 is 10.8 Å². The Kier molecular flexibility index (Phi) is 4.30. The van der Waals surface area contributed by atoms with Crippen LogP contribution in [0, 0.1) is 0 Å². The van der Waals surface area contributed by atoms with Gasteiger partial charge >= 0.3 is 0 Å². The lowest BCUT2D eigenvalue weighted by molar-refractivity contribution is 0.0359. The van der Waals surface area contributed by atoms with Gasteiger partial charge in [0.05, 0.1) is 0 Å². The molecule has 0 aliphatic carbocycles. The van der Waals surface area contributed by atoms with Crippen LogP contribution in [0.4, 0.5) is 0 Å². The zero-order chi connectivity index (χ0) is 11.3. The molecule has 1 rings (SSSR count). The van der Waals surface area contributed by atoms with E-state index in [-0.39, 0.29) is 6.54 Å². The van der Waals surface area contributed by atoms with Crippen LogP contribution < -0.4 is 5.73 Å². The molecular formula is C13H21NO. The maximum atomic E-state index is 10.3. The summed E-state index contributed by atoms with van der Waals surface area (Å²) < 4.78 is 0. The number of hydrogen-bond acceptors (Lipinski definition) is 2. The SMILES string of the molecule is CCCC(O)(CN)c1ccc(CC)cc1. The highest BCUT2D eigenvalue weighted by atomic mass is 16.3. The predicted molar refractivity (Wildman–Crippen MR) is 63.7 cm³/mol. The molecule has 0 bridgehead atoms. The van der Waals surface area contributed by atoms with Gasteiger partial charge in [-0.25, -0.2) is 0 Å². The average Bonchev–Trinajstić information content (AvgIpc) is 2.29. The van der Waals surface area contributed by atoms with Crippen molar-refractivity contribution in [2.24, 2.45) is 5.73 Å². The van der Waals surface area contributed by atoms with Crippen LogP contribution in [0.3, 0.4) is 0 Å². The predicted octanol–water partition coefficient (Wildman–Crippen LogP) is 2.20. The van der Waals surface area contributed by atoms with Gasteiger partial charge in [0.25, 0.3) is 0 Å².